The number of rotatable bonds is 6. The molecule has 0 bridgehead atoms. The molecule has 154 valence electrons. The van der Waals surface area contributed by atoms with Crippen LogP contribution in [0.25, 0.3) is 0 Å². The van der Waals surface area contributed by atoms with Gasteiger partial charge in [-0.25, -0.2) is 4.79 Å². The van der Waals surface area contributed by atoms with Crippen molar-refractivity contribution in [3.8, 4) is 0 Å². The Kier molecular flexibility index (Phi) is 6.00. The Balaban J connectivity index is 1.57. The zero-order valence-electron chi connectivity index (χ0n) is 16.3. The van der Waals surface area contributed by atoms with Gasteiger partial charge >= 0.3 is 6.03 Å². The normalized spacial score (nSPS) is 18.0. The van der Waals surface area contributed by atoms with Crippen LogP contribution in [0.2, 0.25) is 0 Å². The molecule has 3 heterocycles. The number of urea groups is 1. The van der Waals surface area contributed by atoms with Crippen LogP contribution < -0.4 is 10.2 Å². The molecule has 9 nitrogen and oxygen atoms in total. The van der Waals surface area contributed by atoms with Gasteiger partial charge in [-0.3, -0.25) is 14.3 Å². The van der Waals surface area contributed by atoms with Crippen molar-refractivity contribution in [3.63, 3.8) is 0 Å². The third kappa shape index (κ3) is 4.38. The summed E-state index contributed by atoms with van der Waals surface area (Å²) in [6.07, 6.45) is 0. The van der Waals surface area contributed by atoms with Gasteiger partial charge in [0.1, 0.15) is 0 Å². The molecule has 2 saturated heterocycles. The minimum absolute atomic E-state index is 0.216. The summed E-state index contributed by atoms with van der Waals surface area (Å²) in [5.41, 5.74) is 1.13. The van der Waals surface area contributed by atoms with E-state index in [1.807, 2.05) is 22.8 Å². The number of nitrogens with zero attached hydrogens (tertiary/aromatic N) is 5. The minimum atomic E-state index is -0.449. The molecule has 4 rings (SSSR count). The first-order chi connectivity index (χ1) is 14.1. The number of imide groups is 1. The molecule has 0 saturated carbocycles. The largest absolute Gasteiger partial charge is 0.378 e. The lowest BCUT2D eigenvalue weighted by Gasteiger charge is -2.28. The van der Waals surface area contributed by atoms with Crippen LogP contribution in [0.1, 0.15) is 12.5 Å². The van der Waals surface area contributed by atoms with Crippen molar-refractivity contribution in [2.75, 3.05) is 44.3 Å². The average Bonchev–Trinajstić information content (AvgIpc) is 3.35. The number of hydrogen-bond acceptors (Lipinski definition) is 7. The van der Waals surface area contributed by atoms with E-state index in [4.69, 9.17) is 4.74 Å². The fourth-order valence-electron chi connectivity index (χ4n) is 3.38. The van der Waals surface area contributed by atoms with Crippen LogP contribution in [0.3, 0.4) is 0 Å². The van der Waals surface area contributed by atoms with E-state index in [1.54, 1.807) is 6.92 Å². The number of morpholine rings is 1. The van der Waals surface area contributed by atoms with Gasteiger partial charge in [0.25, 0.3) is 0 Å². The smallest absolute Gasteiger partial charge is 0.324 e. The number of carbonyl (C=O) groups excluding carboxylic acids is 2. The van der Waals surface area contributed by atoms with Crippen molar-refractivity contribution in [1.29, 1.82) is 0 Å². The maximum absolute atomic E-state index is 12.7. The summed E-state index contributed by atoms with van der Waals surface area (Å²) in [6, 6.07) is 9.76. The lowest BCUT2D eigenvalue weighted by atomic mass is 10.2. The van der Waals surface area contributed by atoms with E-state index in [0.29, 0.717) is 38.0 Å². The van der Waals surface area contributed by atoms with Gasteiger partial charge in [-0.2, -0.15) is 0 Å². The Hall–Kier alpha value is -2.59. The van der Waals surface area contributed by atoms with Crippen molar-refractivity contribution in [1.82, 2.24) is 25.0 Å². The summed E-state index contributed by atoms with van der Waals surface area (Å²) in [6.45, 7) is 6.10. The number of hydrogen-bond donors (Lipinski definition) is 1. The number of benzene rings is 1. The molecule has 0 aliphatic carbocycles. The van der Waals surface area contributed by atoms with Gasteiger partial charge < -0.3 is 15.0 Å². The second-order valence-electron chi connectivity index (χ2n) is 6.94. The van der Waals surface area contributed by atoms with E-state index in [-0.39, 0.29) is 11.9 Å². The lowest BCUT2D eigenvalue weighted by Crippen LogP contribution is -2.39. The standard InChI is InChI=1S/C19H24N6O3S/c1-14(16(26)24-8-7-20-18(24)27)29-19-22-21-17(23-9-11-28-12-10-23)25(19)13-15-5-3-2-4-6-15/h2-6,14H,7-13H2,1H3,(H,20,27)/t14-/m0/s1. The van der Waals surface area contributed by atoms with Crippen molar-refractivity contribution >= 4 is 29.6 Å². The SMILES string of the molecule is C[C@H](Sc1nnc(N2CCOCC2)n1Cc1ccccc1)C(=O)N1CCNC1=O. The van der Waals surface area contributed by atoms with Gasteiger partial charge in [-0.05, 0) is 12.5 Å². The molecule has 2 aliphatic heterocycles. The van der Waals surface area contributed by atoms with Crippen molar-refractivity contribution < 1.29 is 14.3 Å². The van der Waals surface area contributed by atoms with E-state index in [1.165, 1.54) is 16.7 Å². The summed E-state index contributed by atoms with van der Waals surface area (Å²) in [4.78, 5) is 27.9. The zero-order chi connectivity index (χ0) is 20.2. The monoisotopic (exact) mass is 416 g/mol. The fourth-order valence-corrected chi connectivity index (χ4v) is 4.29. The van der Waals surface area contributed by atoms with Gasteiger partial charge in [0.15, 0.2) is 5.16 Å². The molecule has 1 aromatic carbocycles. The van der Waals surface area contributed by atoms with Crippen LogP contribution >= 0.6 is 11.8 Å². The van der Waals surface area contributed by atoms with Gasteiger partial charge in [-0.15, -0.1) is 10.2 Å². The van der Waals surface area contributed by atoms with Gasteiger partial charge in [-0.1, -0.05) is 42.1 Å². The Morgan fingerprint density at radius 3 is 2.66 bits per heavy atom. The summed E-state index contributed by atoms with van der Waals surface area (Å²) in [7, 11) is 0. The van der Waals surface area contributed by atoms with Crippen LogP contribution in [-0.4, -0.2) is 76.2 Å². The number of nitrogens with one attached hydrogen (secondary N) is 1. The highest BCUT2D eigenvalue weighted by Gasteiger charge is 2.31. The van der Waals surface area contributed by atoms with Crippen molar-refractivity contribution in [2.24, 2.45) is 0 Å². The molecule has 2 fully saturated rings. The Bertz CT molecular complexity index is 868. The summed E-state index contributed by atoms with van der Waals surface area (Å²) < 4.78 is 7.50. The first kappa shape index (κ1) is 19.7. The summed E-state index contributed by atoms with van der Waals surface area (Å²) in [5.74, 6) is 0.561. The van der Waals surface area contributed by atoms with E-state index in [2.05, 4.69) is 32.5 Å². The van der Waals surface area contributed by atoms with Gasteiger partial charge in [0.05, 0.1) is 25.0 Å². The maximum atomic E-state index is 12.7. The van der Waals surface area contributed by atoms with Crippen LogP contribution in [0, 0.1) is 0 Å². The Morgan fingerprint density at radius 2 is 1.97 bits per heavy atom. The second kappa shape index (κ2) is 8.83. The number of carbonyl (C=O) groups is 2. The highest BCUT2D eigenvalue weighted by Crippen LogP contribution is 2.28. The Morgan fingerprint density at radius 1 is 1.21 bits per heavy atom. The van der Waals surface area contributed by atoms with E-state index in [9.17, 15) is 9.59 Å². The average molecular weight is 417 g/mol. The molecule has 0 radical (unpaired) electrons. The molecule has 0 spiro atoms. The van der Waals surface area contributed by atoms with Crippen LogP contribution in [0.4, 0.5) is 10.7 Å². The molecule has 1 atom stereocenters. The molecule has 1 N–H and O–H groups in total. The van der Waals surface area contributed by atoms with Crippen LogP contribution in [0.15, 0.2) is 35.5 Å². The highest BCUT2D eigenvalue weighted by atomic mass is 32.2. The van der Waals surface area contributed by atoms with Gasteiger partial charge in [0, 0.05) is 26.2 Å². The molecule has 2 aliphatic rings. The zero-order valence-corrected chi connectivity index (χ0v) is 17.1. The molecule has 29 heavy (non-hydrogen) atoms. The topological polar surface area (TPSA) is 92.6 Å². The lowest BCUT2D eigenvalue weighted by molar-refractivity contribution is -0.126. The molecular weight excluding hydrogens is 392 g/mol. The quantitative estimate of drug-likeness (QED) is 0.707. The summed E-state index contributed by atoms with van der Waals surface area (Å²) in [5, 5.41) is 11.7. The molecule has 10 heteroatoms. The third-order valence-electron chi connectivity index (χ3n) is 4.93. The number of thioether (sulfide) groups is 1. The maximum Gasteiger partial charge on any atom is 0.324 e. The molecule has 2 aromatic rings. The van der Waals surface area contributed by atoms with E-state index < -0.39 is 5.25 Å². The van der Waals surface area contributed by atoms with Crippen LogP contribution in [0.5, 0.6) is 0 Å². The number of anilines is 1. The minimum Gasteiger partial charge on any atom is -0.378 e. The first-order valence-corrected chi connectivity index (χ1v) is 10.6. The summed E-state index contributed by atoms with van der Waals surface area (Å²) >= 11 is 1.33. The number of aromatic nitrogens is 3. The number of amides is 3. The molecule has 3 amide bonds. The predicted molar refractivity (Wildman–Crippen MR) is 109 cm³/mol. The first-order valence-electron chi connectivity index (χ1n) is 9.69. The predicted octanol–water partition coefficient (Wildman–Crippen LogP) is 1.20. The third-order valence-corrected chi connectivity index (χ3v) is 6.00. The van der Waals surface area contributed by atoms with Gasteiger partial charge in [0.2, 0.25) is 11.9 Å². The molecular formula is C19H24N6O3S. The second-order valence-corrected chi connectivity index (χ2v) is 8.24. The molecule has 1 aromatic heterocycles. The van der Waals surface area contributed by atoms with Crippen LogP contribution in [-0.2, 0) is 16.1 Å². The Labute approximate surface area is 173 Å². The highest BCUT2D eigenvalue weighted by molar-refractivity contribution is 8.00. The number of ether oxygens (including phenoxy) is 1. The van der Waals surface area contributed by atoms with E-state index >= 15 is 0 Å². The van der Waals surface area contributed by atoms with Crippen molar-refractivity contribution in [2.45, 2.75) is 23.9 Å². The molecule has 0 unspecified atom stereocenters. The van der Waals surface area contributed by atoms with E-state index in [0.717, 1.165) is 24.6 Å². The van der Waals surface area contributed by atoms with Crippen molar-refractivity contribution in [3.05, 3.63) is 35.9 Å². The fraction of sp³-hybridized carbons (Fsp3) is 0.474.